The number of aryl methyl sites for hydroxylation is 1. The third-order valence-electron chi connectivity index (χ3n) is 4.60. The molecule has 4 nitrogen and oxygen atoms in total. The summed E-state index contributed by atoms with van der Waals surface area (Å²) < 4.78 is 0. The van der Waals surface area contributed by atoms with E-state index >= 15 is 0 Å². The molecule has 3 aromatic rings. The third kappa shape index (κ3) is 3.05. The summed E-state index contributed by atoms with van der Waals surface area (Å²) in [6.07, 6.45) is 0.785. The van der Waals surface area contributed by atoms with E-state index in [1.54, 1.807) is 0 Å². The van der Waals surface area contributed by atoms with Gasteiger partial charge in [-0.05, 0) is 31.2 Å². The van der Waals surface area contributed by atoms with Crippen LogP contribution in [0.2, 0.25) is 5.02 Å². The molecule has 0 aliphatic carbocycles. The molecule has 0 saturated heterocycles. The van der Waals surface area contributed by atoms with Crippen molar-refractivity contribution >= 4 is 17.5 Å². The molecule has 0 radical (unpaired) electrons. The van der Waals surface area contributed by atoms with Crippen molar-refractivity contribution in [2.75, 3.05) is 6.54 Å². The minimum absolute atomic E-state index is 0.0672. The SMILES string of the molecule is Cc1cccc(C(=O)N2CCc3[nH]nc(-c4ccc(Cl)cc4)c3C2)c1. The number of rotatable bonds is 2. The molecule has 4 rings (SSSR count). The van der Waals surface area contributed by atoms with Gasteiger partial charge in [-0.1, -0.05) is 41.4 Å². The Hall–Kier alpha value is -2.59. The van der Waals surface area contributed by atoms with Crippen LogP contribution in [0.3, 0.4) is 0 Å². The van der Waals surface area contributed by atoms with Crippen LogP contribution >= 0.6 is 11.6 Å². The van der Waals surface area contributed by atoms with Crippen molar-refractivity contribution in [3.05, 3.63) is 75.9 Å². The fraction of sp³-hybridized carbons (Fsp3) is 0.200. The molecule has 0 unspecified atom stereocenters. The minimum atomic E-state index is 0.0672. The number of H-pyrrole nitrogens is 1. The van der Waals surface area contributed by atoms with Crippen LogP contribution in [0.1, 0.15) is 27.2 Å². The van der Waals surface area contributed by atoms with Crippen molar-refractivity contribution in [3.8, 4) is 11.3 Å². The summed E-state index contributed by atoms with van der Waals surface area (Å²) in [7, 11) is 0. The molecule has 126 valence electrons. The number of amides is 1. The zero-order valence-corrected chi connectivity index (χ0v) is 14.7. The van der Waals surface area contributed by atoms with Gasteiger partial charge in [0, 0.05) is 46.9 Å². The fourth-order valence-corrected chi connectivity index (χ4v) is 3.40. The molecule has 2 heterocycles. The molecule has 2 aromatic carbocycles. The highest BCUT2D eigenvalue weighted by molar-refractivity contribution is 6.30. The molecule has 1 aliphatic rings. The number of aromatic nitrogens is 2. The van der Waals surface area contributed by atoms with Gasteiger partial charge in [0.15, 0.2) is 0 Å². The zero-order valence-electron chi connectivity index (χ0n) is 13.9. The number of carbonyl (C=O) groups is 1. The van der Waals surface area contributed by atoms with E-state index in [0.717, 1.165) is 40.1 Å². The molecule has 0 fully saturated rings. The lowest BCUT2D eigenvalue weighted by molar-refractivity contribution is 0.0734. The van der Waals surface area contributed by atoms with Crippen LogP contribution in [0.15, 0.2) is 48.5 Å². The summed E-state index contributed by atoms with van der Waals surface area (Å²) in [6.45, 7) is 3.26. The lowest BCUT2D eigenvalue weighted by Gasteiger charge is -2.27. The van der Waals surface area contributed by atoms with Gasteiger partial charge >= 0.3 is 0 Å². The van der Waals surface area contributed by atoms with Gasteiger partial charge in [-0.15, -0.1) is 0 Å². The van der Waals surface area contributed by atoms with E-state index in [0.29, 0.717) is 18.1 Å². The second-order valence-corrected chi connectivity index (χ2v) is 6.82. The molecule has 0 atom stereocenters. The normalized spacial score (nSPS) is 13.6. The average molecular weight is 352 g/mol. The first-order valence-corrected chi connectivity index (χ1v) is 8.67. The van der Waals surface area contributed by atoms with Crippen LogP contribution in [0.25, 0.3) is 11.3 Å². The Labute approximate surface area is 151 Å². The number of hydrogen-bond acceptors (Lipinski definition) is 2. The van der Waals surface area contributed by atoms with E-state index in [1.807, 2.05) is 60.4 Å². The van der Waals surface area contributed by atoms with E-state index in [4.69, 9.17) is 11.6 Å². The molecule has 0 bridgehead atoms. The van der Waals surface area contributed by atoms with E-state index in [-0.39, 0.29) is 5.91 Å². The molecule has 0 saturated carbocycles. The lowest BCUT2D eigenvalue weighted by Crippen LogP contribution is -2.35. The number of hydrogen-bond donors (Lipinski definition) is 1. The topological polar surface area (TPSA) is 49.0 Å². The number of fused-ring (bicyclic) bond motifs is 1. The highest BCUT2D eigenvalue weighted by Crippen LogP contribution is 2.29. The summed E-state index contributed by atoms with van der Waals surface area (Å²) in [5, 5.41) is 8.30. The Morgan fingerprint density at radius 1 is 1.20 bits per heavy atom. The largest absolute Gasteiger partial charge is 0.334 e. The fourth-order valence-electron chi connectivity index (χ4n) is 3.28. The van der Waals surface area contributed by atoms with Crippen molar-refractivity contribution < 1.29 is 4.79 Å². The van der Waals surface area contributed by atoms with Gasteiger partial charge in [-0.2, -0.15) is 5.10 Å². The van der Waals surface area contributed by atoms with Crippen LogP contribution in [0.5, 0.6) is 0 Å². The van der Waals surface area contributed by atoms with Gasteiger partial charge in [0.05, 0.1) is 5.69 Å². The first-order valence-electron chi connectivity index (χ1n) is 8.30. The van der Waals surface area contributed by atoms with Crippen molar-refractivity contribution in [2.45, 2.75) is 19.9 Å². The maximum absolute atomic E-state index is 12.9. The van der Waals surface area contributed by atoms with Crippen LogP contribution in [-0.2, 0) is 13.0 Å². The third-order valence-corrected chi connectivity index (χ3v) is 4.86. The molecule has 1 aromatic heterocycles. The second kappa shape index (κ2) is 6.37. The van der Waals surface area contributed by atoms with Gasteiger partial charge in [-0.25, -0.2) is 0 Å². The molecule has 1 N–H and O–H groups in total. The molecule has 25 heavy (non-hydrogen) atoms. The summed E-state index contributed by atoms with van der Waals surface area (Å²) in [4.78, 5) is 14.7. The van der Waals surface area contributed by atoms with Gasteiger partial charge in [0.2, 0.25) is 0 Å². The Morgan fingerprint density at radius 3 is 2.76 bits per heavy atom. The monoisotopic (exact) mass is 351 g/mol. The number of aromatic amines is 1. The number of nitrogens with one attached hydrogen (secondary N) is 1. The average Bonchev–Trinajstić information content (AvgIpc) is 3.05. The van der Waals surface area contributed by atoms with Crippen molar-refractivity contribution in [3.63, 3.8) is 0 Å². The van der Waals surface area contributed by atoms with Gasteiger partial charge in [-0.3, -0.25) is 9.89 Å². The van der Waals surface area contributed by atoms with Crippen LogP contribution < -0.4 is 0 Å². The predicted molar refractivity (Wildman–Crippen MR) is 98.7 cm³/mol. The van der Waals surface area contributed by atoms with Gasteiger partial charge in [0.25, 0.3) is 5.91 Å². The predicted octanol–water partition coefficient (Wildman–Crippen LogP) is 4.24. The second-order valence-electron chi connectivity index (χ2n) is 6.38. The Balaban J connectivity index is 1.63. The number of halogens is 1. The van der Waals surface area contributed by atoms with E-state index in [2.05, 4.69) is 10.2 Å². The first kappa shape index (κ1) is 15.9. The summed E-state index contributed by atoms with van der Waals surface area (Å²) in [5.41, 5.74) is 5.93. The summed E-state index contributed by atoms with van der Waals surface area (Å²) in [6, 6.07) is 15.4. The van der Waals surface area contributed by atoms with Crippen molar-refractivity contribution in [2.24, 2.45) is 0 Å². The minimum Gasteiger partial charge on any atom is -0.334 e. The molecule has 1 aliphatic heterocycles. The van der Waals surface area contributed by atoms with Crippen LogP contribution in [0.4, 0.5) is 0 Å². The maximum atomic E-state index is 12.9. The highest BCUT2D eigenvalue weighted by atomic mass is 35.5. The molecular formula is C20H18ClN3O. The summed E-state index contributed by atoms with van der Waals surface area (Å²) >= 11 is 5.98. The lowest BCUT2D eigenvalue weighted by atomic mass is 10.00. The molecular weight excluding hydrogens is 334 g/mol. The molecule has 1 amide bonds. The molecule has 0 spiro atoms. The number of benzene rings is 2. The van der Waals surface area contributed by atoms with Gasteiger partial charge < -0.3 is 4.90 Å². The van der Waals surface area contributed by atoms with Crippen molar-refractivity contribution in [1.29, 1.82) is 0 Å². The number of nitrogens with zero attached hydrogens (tertiary/aromatic N) is 2. The standard InChI is InChI=1S/C20H18ClN3O/c1-13-3-2-4-15(11-13)20(25)24-10-9-18-17(12-24)19(23-22-18)14-5-7-16(21)8-6-14/h2-8,11H,9-10,12H2,1H3,(H,22,23). The first-order chi connectivity index (χ1) is 12.1. The van der Waals surface area contributed by atoms with Crippen molar-refractivity contribution in [1.82, 2.24) is 15.1 Å². The quantitative estimate of drug-likeness (QED) is 0.750. The Kier molecular flexibility index (Phi) is 4.06. The van der Waals surface area contributed by atoms with E-state index < -0.39 is 0 Å². The summed E-state index contributed by atoms with van der Waals surface area (Å²) in [5.74, 6) is 0.0672. The van der Waals surface area contributed by atoms with Crippen LogP contribution in [0, 0.1) is 6.92 Å². The Bertz CT molecular complexity index is 930. The number of carbonyl (C=O) groups excluding carboxylic acids is 1. The van der Waals surface area contributed by atoms with E-state index in [9.17, 15) is 4.79 Å². The Morgan fingerprint density at radius 2 is 2.00 bits per heavy atom. The highest BCUT2D eigenvalue weighted by Gasteiger charge is 2.26. The smallest absolute Gasteiger partial charge is 0.254 e. The van der Waals surface area contributed by atoms with Crippen LogP contribution in [-0.4, -0.2) is 27.5 Å². The zero-order chi connectivity index (χ0) is 17.4. The molecule has 5 heteroatoms. The maximum Gasteiger partial charge on any atom is 0.254 e. The van der Waals surface area contributed by atoms with E-state index in [1.165, 1.54) is 0 Å². The van der Waals surface area contributed by atoms with Gasteiger partial charge in [0.1, 0.15) is 0 Å².